The lowest BCUT2D eigenvalue weighted by Gasteiger charge is -2.14. The number of amides is 3. The number of carbonyl (C=O) groups is 3. The van der Waals surface area contributed by atoms with E-state index < -0.39 is 34.9 Å². The van der Waals surface area contributed by atoms with E-state index in [0.717, 1.165) is 16.6 Å². The van der Waals surface area contributed by atoms with Gasteiger partial charge in [-0.05, 0) is 55.8 Å². The van der Waals surface area contributed by atoms with Gasteiger partial charge in [-0.25, -0.2) is 5.01 Å². The van der Waals surface area contributed by atoms with Crippen LogP contribution in [0.1, 0.15) is 18.1 Å². The van der Waals surface area contributed by atoms with Gasteiger partial charge >= 0.3 is 5.69 Å². The number of rotatable bonds is 9. The third-order valence-corrected chi connectivity index (χ3v) is 5.45. The largest absolute Gasteiger partial charge is 0.490 e. The number of nitrogens with zero attached hydrogens (tertiary/aromatic N) is 2. The van der Waals surface area contributed by atoms with Crippen molar-refractivity contribution in [2.75, 3.05) is 23.5 Å². The van der Waals surface area contributed by atoms with Crippen LogP contribution in [0, 0.1) is 17.0 Å². The molecular formula is C27H24N4O7. The lowest BCUT2D eigenvalue weighted by molar-refractivity contribution is -0.385. The third-order valence-electron chi connectivity index (χ3n) is 5.45. The van der Waals surface area contributed by atoms with Crippen molar-refractivity contribution in [3.05, 3.63) is 93.5 Å². The van der Waals surface area contributed by atoms with Gasteiger partial charge in [0, 0.05) is 11.8 Å². The summed E-state index contributed by atoms with van der Waals surface area (Å²) in [5.41, 5.74) is 3.98. The van der Waals surface area contributed by atoms with Crippen LogP contribution in [0.15, 0.2) is 72.3 Å². The summed E-state index contributed by atoms with van der Waals surface area (Å²) in [7, 11) is 0. The number of carbonyl (C=O) groups excluding carboxylic acids is 3. The fourth-order valence-corrected chi connectivity index (χ4v) is 3.69. The number of nitrogens with one attached hydrogen (secondary N) is 2. The second kappa shape index (κ2) is 11.2. The summed E-state index contributed by atoms with van der Waals surface area (Å²) in [4.78, 5) is 49.0. The standard InChI is InChI=1S/C27H24N4O7/c1-3-37-23-15-18(13-21-26(33)29-30(27(21)34)20-7-5-4-6-8-20)14-22(31(35)36)25(23)38-16-24(32)28-19-11-9-17(2)10-12-19/h4-15H,3,16H2,1-2H3,(H,28,32)(H,29,33)/b21-13-. The molecule has 2 N–H and O–H groups in total. The summed E-state index contributed by atoms with van der Waals surface area (Å²) in [5.74, 6) is -2.05. The number of hydrogen-bond acceptors (Lipinski definition) is 7. The smallest absolute Gasteiger partial charge is 0.315 e. The van der Waals surface area contributed by atoms with Gasteiger partial charge in [0.05, 0.1) is 17.2 Å². The Labute approximate surface area is 217 Å². The molecule has 1 heterocycles. The SMILES string of the molecule is CCOc1cc(/C=C2/C(=O)NN(c3ccccc3)C2=O)cc([N+](=O)[O-])c1OCC(=O)Nc1ccc(C)cc1. The van der Waals surface area contributed by atoms with Crippen LogP contribution in [0.3, 0.4) is 0 Å². The maximum Gasteiger partial charge on any atom is 0.315 e. The highest BCUT2D eigenvalue weighted by molar-refractivity contribution is 6.31. The van der Waals surface area contributed by atoms with E-state index in [1.165, 1.54) is 12.1 Å². The summed E-state index contributed by atoms with van der Waals surface area (Å²) < 4.78 is 11.1. The molecule has 0 atom stereocenters. The van der Waals surface area contributed by atoms with Crippen LogP contribution in [0.5, 0.6) is 11.5 Å². The van der Waals surface area contributed by atoms with Gasteiger partial charge in [-0.2, -0.15) is 0 Å². The van der Waals surface area contributed by atoms with Crippen LogP contribution in [0.4, 0.5) is 17.1 Å². The van der Waals surface area contributed by atoms with Crippen LogP contribution in [0.25, 0.3) is 6.08 Å². The molecule has 3 aromatic carbocycles. The summed E-state index contributed by atoms with van der Waals surface area (Å²) in [6, 6.07) is 18.2. The van der Waals surface area contributed by atoms with Gasteiger partial charge < -0.3 is 14.8 Å². The van der Waals surface area contributed by atoms with E-state index in [1.807, 2.05) is 19.1 Å². The quantitative estimate of drug-likeness (QED) is 0.191. The average Bonchev–Trinajstić information content (AvgIpc) is 3.18. The molecule has 3 amide bonds. The highest BCUT2D eigenvalue weighted by Gasteiger charge is 2.35. The molecule has 1 saturated heterocycles. The lowest BCUT2D eigenvalue weighted by Crippen LogP contribution is -2.35. The number of benzene rings is 3. The fraction of sp³-hybridized carbons (Fsp3) is 0.148. The number of nitro benzene ring substituents is 1. The minimum absolute atomic E-state index is 0.0116. The molecule has 11 heteroatoms. The Hall–Kier alpha value is -5.19. The van der Waals surface area contributed by atoms with Crippen LogP contribution < -0.4 is 25.2 Å². The molecule has 1 fully saturated rings. The Morgan fingerprint density at radius 3 is 2.45 bits per heavy atom. The van der Waals surface area contributed by atoms with Crippen LogP contribution >= 0.6 is 0 Å². The highest BCUT2D eigenvalue weighted by Crippen LogP contribution is 2.39. The second-order valence-corrected chi connectivity index (χ2v) is 8.24. The summed E-state index contributed by atoms with van der Waals surface area (Å²) in [5, 5.41) is 15.6. The minimum Gasteiger partial charge on any atom is -0.490 e. The Morgan fingerprint density at radius 2 is 1.79 bits per heavy atom. The number of hydrazine groups is 1. The van der Waals surface area contributed by atoms with Gasteiger partial charge in [-0.3, -0.25) is 29.9 Å². The van der Waals surface area contributed by atoms with Crippen molar-refractivity contribution in [2.24, 2.45) is 0 Å². The van der Waals surface area contributed by atoms with E-state index in [4.69, 9.17) is 9.47 Å². The van der Waals surface area contributed by atoms with Crippen molar-refractivity contribution in [1.29, 1.82) is 0 Å². The van der Waals surface area contributed by atoms with Gasteiger partial charge in [0.2, 0.25) is 5.75 Å². The molecule has 0 aliphatic carbocycles. The molecule has 194 valence electrons. The number of hydrogen-bond donors (Lipinski definition) is 2. The van der Waals surface area contributed by atoms with Crippen molar-refractivity contribution < 1.29 is 28.8 Å². The van der Waals surface area contributed by atoms with Crippen molar-refractivity contribution in [3.63, 3.8) is 0 Å². The van der Waals surface area contributed by atoms with E-state index in [1.54, 1.807) is 49.4 Å². The van der Waals surface area contributed by atoms with Crippen molar-refractivity contribution in [2.45, 2.75) is 13.8 Å². The van der Waals surface area contributed by atoms with Crippen LogP contribution in [-0.2, 0) is 14.4 Å². The molecule has 1 aliphatic heterocycles. The second-order valence-electron chi connectivity index (χ2n) is 8.24. The van der Waals surface area contributed by atoms with E-state index in [2.05, 4.69) is 10.7 Å². The van der Waals surface area contributed by atoms with Crippen molar-refractivity contribution in [3.8, 4) is 11.5 Å². The zero-order valence-electron chi connectivity index (χ0n) is 20.6. The molecule has 3 aromatic rings. The summed E-state index contributed by atoms with van der Waals surface area (Å²) in [6.07, 6.45) is 1.24. The van der Waals surface area contributed by atoms with Crippen molar-refractivity contribution >= 4 is 40.9 Å². The topological polar surface area (TPSA) is 140 Å². The molecule has 0 saturated carbocycles. The normalized spacial score (nSPS) is 13.8. The number of anilines is 2. The molecule has 0 spiro atoms. The lowest BCUT2D eigenvalue weighted by atomic mass is 10.1. The predicted octanol–water partition coefficient (Wildman–Crippen LogP) is 3.78. The molecule has 0 bridgehead atoms. The molecule has 0 unspecified atom stereocenters. The number of ether oxygens (including phenoxy) is 2. The van der Waals surface area contributed by atoms with Gasteiger partial charge in [-0.1, -0.05) is 35.9 Å². The molecule has 1 aliphatic rings. The van der Waals surface area contributed by atoms with Gasteiger partial charge in [0.15, 0.2) is 12.4 Å². The minimum atomic E-state index is -0.690. The highest BCUT2D eigenvalue weighted by atomic mass is 16.6. The van der Waals surface area contributed by atoms with E-state index >= 15 is 0 Å². The molecule has 38 heavy (non-hydrogen) atoms. The van der Waals surface area contributed by atoms with Gasteiger partial charge in [0.1, 0.15) is 5.57 Å². The molecule has 11 nitrogen and oxygen atoms in total. The molecule has 0 aromatic heterocycles. The maximum absolute atomic E-state index is 12.9. The number of aryl methyl sites for hydroxylation is 1. The first-order valence-electron chi connectivity index (χ1n) is 11.6. The summed E-state index contributed by atoms with van der Waals surface area (Å²) in [6.45, 7) is 3.22. The molecule has 4 rings (SSSR count). The zero-order valence-corrected chi connectivity index (χ0v) is 20.6. The average molecular weight is 517 g/mol. The number of nitro groups is 1. The first-order chi connectivity index (χ1) is 18.3. The van der Waals surface area contributed by atoms with E-state index in [-0.39, 0.29) is 29.2 Å². The zero-order chi connectivity index (χ0) is 27.2. The first kappa shape index (κ1) is 25.9. The third kappa shape index (κ3) is 5.78. The Morgan fingerprint density at radius 1 is 1.08 bits per heavy atom. The Bertz CT molecular complexity index is 1420. The molecular weight excluding hydrogens is 492 g/mol. The Kier molecular flexibility index (Phi) is 7.66. The van der Waals surface area contributed by atoms with Crippen LogP contribution in [0.2, 0.25) is 0 Å². The molecule has 0 radical (unpaired) electrons. The van der Waals surface area contributed by atoms with E-state index in [0.29, 0.717) is 11.4 Å². The number of para-hydroxylation sites is 1. The first-order valence-corrected chi connectivity index (χ1v) is 11.6. The monoisotopic (exact) mass is 516 g/mol. The van der Waals surface area contributed by atoms with Crippen LogP contribution in [-0.4, -0.2) is 35.9 Å². The maximum atomic E-state index is 12.9. The van der Waals surface area contributed by atoms with Gasteiger partial charge in [-0.15, -0.1) is 0 Å². The summed E-state index contributed by atoms with van der Waals surface area (Å²) >= 11 is 0. The predicted molar refractivity (Wildman–Crippen MR) is 140 cm³/mol. The van der Waals surface area contributed by atoms with Crippen molar-refractivity contribution in [1.82, 2.24) is 5.43 Å². The fourth-order valence-electron chi connectivity index (χ4n) is 3.69. The van der Waals surface area contributed by atoms with Gasteiger partial charge in [0.25, 0.3) is 17.7 Å². The van der Waals surface area contributed by atoms with E-state index in [9.17, 15) is 24.5 Å². The Balaban J connectivity index is 1.60.